The molecule has 1 saturated heterocycles. The number of aryl methyl sites for hydroxylation is 1. The Morgan fingerprint density at radius 2 is 1.95 bits per heavy atom. The monoisotopic (exact) mass is 350 g/mol. The lowest BCUT2D eigenvalue weighted by Gasteiger charge is -2.22. The maximum Gasteiger partial charge on any atom is 0.252 e. The van der Waals surface area contributed by atoms with Crippen LogP contribution >= 0.6 is 15.9 Å². The highest BCUT2D eigenvalue weighted by atomic mass is 79.9. The van der Waals surface area contributed by atoms with Crippen molar-refractivity contribution in [2.24, 2.45) is 0 Å². The molecule has 21 heavy (non-hydrogen) atoms. The van der Waals surface area contributed by atoms with Crippen molar-refractivity contribution in [3.8, 4) is 0 Å². The van der Waals surface area contributed by atoms with E-state index in [4.69, 9.17) is 0 Å². The Morgan fingerprint density at radius 3 is 2.67 bits per heavy atom. The summed E-state index contributed by atoms with van der Waals surface area (Å²) in [7, 11) is 0. The molecule has 3 rings (SSSR count). The van der Waals surface area contributed by atoms with E-state index in [9.17, 15) is 9.59 Å². The summed E-state index contributed by atoms with van der Waals surface area (Å²) in [6.07, 6.45) is 4.41. The minimum Gasteiger partial charge on any atom is -0.373 e. The highest BCUT2D eigenvalue weighted by molar-refractivity contribution is 9.10. The molecule has 2 fully saturated rings. The number of nitrogens with one attached hydrogen (secondary N) is 1. The molecule has 1 aliphatic heterocycles. The van der Waals surface area contributed by atoms with Crippen LogP contribution in [-0.2, 0) is 9.59 Å². The van der Waals surface area contributed by atoms with Gasteiger partial charge in [-0.15, -0.1) is 0 Å². The SMILES string of the molecule is Cc1ccc(Br)cc1NC1CC(=O)N(C2CCCC2)C1=O. The number of imide groups is 1. The molecule has 1 aromatic rings. The summed E-state index contributed by atoms with van der Waals surface area (Å²) in [5.41, 5.74) is 1.97. The van der Waals surface area contributed by atoms with Crippen LogP contribution in [0.1, 0.15) is 37.7 Å². The number of benzene rings is 1. The van der Waals surface area contributed by atoms with E-state index in [0.29, 0.717) is 0 Å². The number of halogens is 1. The Bertz CT molecular complexity index is 582. The Kier molecular flexibility index (Phi) is 4.02. The summed E-state index contributed by atoms with van der Waals surface area (Å²) < 4.78 is 0.958. The van der Waals surface area contributed by atoms with Crippen molar-refractivity contribution in [3.63, 3.8) is 0 Å². The molecule has 1 unspecified atom stereocenters. The molecule has 1 aliphatic carbocycles. The second-order valence-electron chi connectivity index (χ2n) is 5.90. The minimum absolute atomic E-state index is 0.0305. The third-order valence-electron chi connectivity index (χ3n) is 4.40. The summed E-state index contributed by atoms with van der Waals surface area (Å²) in [5, 5.41) is 3.24. The number of carbonyl (C=O) groups excluding carboxylic acids is 2. The van der Waals surface area contributed by atoms with Gasteiger partial charge in [-0.3, -0.25) is 14.5 Å². The van der Waals surface area contributed by atoms with E-state index in [1.165, 1.54) is 4.90 Å². The van der Waals surface area contributed by atoms with E-state index in [-0.39, 0.29) is 24.3 Å². The fourth-order valence-corrected chi connectivity index (χ4v) is 3.61. The first-order valence-corrected chi connectivity index (χ1v) is 8.24. The average Bonchev–Trinajstić information content (AvgIpc) is 3.03. The van der Waals surface area contributed by atoms with Crippen LogP contribution in [0, 0.1) is 6.92 Å². The fourth-order valence-electron chi connectivity index (χ4n) is 3.25. The van der Waals surface area contributed by atoms with Crippen LogP contribution in [0.25, 0.3) is 0 Å². The molecular weight excluding hydrogens is 332 g/mol. The predicted octanol–water partition coefficient (Wildman–Crippen LogP) is 3.24. The van der Waals surface area contributed by atoms with Gasteiger partial charge in [0.1, 0.15) is 6.04 Å². The van der Waals surface area contributed by atoms with Crippen LogP contribution < -0.4 is 5.32 Å². The molecule has 0 aromatic heterocycles. The Hall–Kier alpha value is -1.36. The lowest BCUT2D eigenvalue weighted by Crippen LogP contribution is -2.41. The van der Waals surface area contributed by atoms with Crippen LogP contribution in [-0.4, -0.2) is 28.8 Å². The second kappa shape index (κ2) is 5.79. The summed E-state index contributed by atoms with van der Waals surface area (Å²) in [6, 6.07) is 5.60. The molecule has 2 aliphatic rings. The molecule has 1 aromatic carbocycles. The van der Waals surface area contributed by atoms with E-state index < -0.39 is 6.04 Å². The first-order valence-electron chi connectivity index (χ1n) is 7.45. The lowest BCUT2D eigenvalue weighted by molar-refractivity contribution is -0.141. The highest BCUT2D eigenvalue weighted by Crippen LogP contribution is 2.30. The standard InChI is InChI=1S/C16H19BrN2O2/c1-10-6-7-11(17)8-13(10)18-14-9-15(20)19(16(14)21)12-4-2-3-5-12/h6-8,12,14,18H,2-5,9H2,1H3. The normalized spacial score (nSPS) is 23.1. The van der Waals surface area contributed by atoms with Gasteiger partial charge in [-0.2, -0.15) is 0 Å². The number of rotatable bonds is 3. The quantitative estimate of drug-likeness (QED) is 0.851. The van der Waals surface area contributed by atoms with Gasteiger partial charge in [0.05, 0.1) is 6.42 Å². The van der Waals surface area contributed by atoms with E-state index in [1.54, 1.807) is 0 Å². The zero-order valence-electron chi connectivity index (χ0n) is 12.1. The van der Waals surface area contributed by atoms with E-state index in [1.807, 2.05) is 25.1 Å². The highest BCUT2D eigenvalue weighted by Gasteiger charge is 2.43. The van der Waals surface area contributed by atoms with Crippen molar-refractivity contribution in [1.29, 1.82) is 0 Å². The zero-order valence-corrected chi connectivity index (χ0v) is 13.6. The Balaban J connectivity index is 1.76. The van der Waals surface area contributed by atoms with Gasteiger partial charge in [0.2, 0.25) is 5.91 Å². The molecule has 1 heterocycles. The van der Waals surface area contributed by atoms with Gasteiger partial charge in [-0.1, -0.05) is 34.8 Å². The van der Waals surface area contributed by atoms with Gasteiger partial charge in [-0.05, 0) is 37.5 Å². The number of carbonyl (C=O) groups is 2. The molecule has 112 valence electrons. The molecule has 0 radical (unpaired) electrons. The van der Waals surface area contributed by atoms with Gasteiger partial charge in [0, 0.05) is 16.2 Å². The molecule has 0 spiro atoms. The smallest absolute Gasteiger partial charge is 0.252 e. The van der Waals surface area contributed by atoms with Crippen LogP contribution in [0.2, 0.25) is 0 Å². The van der Waals surface area contributed by atoms with Crippen molar-refractivity contribution in [3.05, 3.63) is 28.2 Å². The first-order chi connectivity index (χ1) is 10.1. The summed E-state index contributed by atoms with van der Waals surface area (Å²) >= 11 is 3.44. The van der Waals surface area contributed by atoms with Crippen LogP contribution in [0.3, 0.4) is 0 Å². The Morgan fingerprint density at radius 1 is 1.24 bits per heavy atom. The van der Waals surface area contributed by atoms with Gasteiger partial charge in [0.15, 0.2) is 0 Å². The summed E-state index contributed by atoms with van der Waals surface area (Å²) in [4.78, 5) is 26.2. The Labute approximate surface area is 133 Å². The van der Waals surface area contributed by atoms with Gasteiger partial charge in [0.25, 0.3) is 5.91 Å². The third-order valence-corrected chi connectivity index (χ3v) is 4.90. The van der Waals surface area contributed by atoms with Crippen LogP contribution in [0.5, 0.6) is 0 Å². The van der Waals surface area contributed by atoms with Crippen molar-refractivity contribution in [2.45, 2.75) is 51.1 Å². The largest absolute Gasteiger partial charge is 0.373 e. The third kappa shape index (κ3) is 2.84. The number of likely N-dealkylation sites (tertiary alicyclic amines) is 1. The maximum atomic E-state index is 12.5. The lowest BCUT2D eigenvalue weighted by atomic mass is 10.1. The van der Waals surface area contributed by atoms with Crippen molar-refractivity contribution in [1.82, 2.24) is 4.90 Å². The number of anilines is 1. The molecule has 5 heteroatoms. The summed E-state index contributed by atoms with van der Waals surface area (Å²) in [5.74, 6) is -0.0941. The number of nitrogens with zero attached hydrogens (tertiary/aromatic N) is 1. The number of hydrogen-bond acceptors (Lipinski definition) is 3. The molecule has 1 N–H and O–H groups in total. The van der Waals surface area contributed by atoms with E-state index in [0.717, 1.165) is 41.4 Å². The van der Waals surface area contributed by atoms with E-state index >= 15 is 0 Å². The van der Waals surface area contributed by atoms with Gasteiger partial charge < -0.3 is 5.32 Å². The van der Waals surface area contributed by atoms with E-state index in [2.05, 4.69) is 21.2 Å². The topological polar surface area (TPSA) is 49.4 Å². The fraction of sp³-hybridized carbons (Fsp3) is 0.500. The number of amides is 2. The average molecular weight is 351 g/mol. The molecule has 1 saturated carbocycles. The summed E-state index contributed by atoms with van der Waals surface area (Å²) in [6.45, 7) is 1.99. The van der Waals surface area contributed by atoms with Crippen LogP contribution in [0.15, 0.2) is 22.7 Å². The van der Waals surface area contributed by atoms with Gasteiger partial charge in [-0.25, -0.2) is 0 Å². The zero-order chi connectivity index (χ0) is 15.0. The van der Waals surface area contributed by atoms with Crippen molar-refractivity contribution < 1.29 is 9.59 Å². The number of hydrogen-bond donors (Lipinski definition) is 1. The van der Waals surface area contributed by atoms with Gasteiger partial charge >= 0.3 is 0 Å². The molecular formula is C16H19BrN2O2. The second-order valence-corrected chi connectivity index (χ2v) is 6.82. The molecule has 0 bridgehead atoms. The predicted molar refractivity (Wildman–Crippen MR) is 85.0 cm³/mol. The molecule has 4 nitrogen and oxygen atoms in total. The minimum atomic E-state index is -0.425. The van der Waals surface area contributed by atoms with Crippen molar-refractivity contribution in [2.75, 3.05) is 5.32 Å². The van der Waals surface area contributed by atoms with Crippen molar-refractivity contribution >= 4 is 33.4 Å². The molecule has 1 atom stereocenters. The molecule has 2 amide bonds. The van der Waals surface area contributed by atoms with Crippen LogP contribution in [0.4, 0.5) is 5.69 Å². The maximum absolute atomic E-state index is 12.5. The first kappa shape index (κ1) is 14.6.